The monoisotopic (exact) mass is 256 g/mol. The normalized spacial score (nSPS) is 12.2. The Morgan fingerprint density at radius 2 is 2.18 bits per heavy atom. The summed E-state index contributed by atoms with van der Waals surface area (Å²) in [5, 5.41) is 0.647. The molecule has 0 heterocycles. The molecule has 4 nitrogen and oxygen atoms in total. The summed E-state index contributed by atoms with van der Waals surface area (Å²) in [5.74, 6) is -0.144. The fraction of sp³-hybridized carbons (Fsp3) is 0.417. The molecule has 1 rings (SSSR count). The Morgan fingerprint density at radius 1 is 1.53 bits per heavy atom. The lowest BCUT2D eigenvalue weighted by Crippen LogP contribution is -2.41. The van der Waals surface area contributed by atoms with Gasteiger partial charge in [0, 0.05) is 32.3 Å². The van der Waals surface area contributed by atoms with Crippen LogP contribution in [0.4, 0.5) is 0 Å². The van der Waals surface area contributed by atoms with E-state index in [0.717, 1.165) is 5.56 Å². The maximum atomic E-state index is 11.9. The van der Waals surface area contributed by atoms with E-state index in [2.05, 4.69) is 0 Å². The van der Waals surface area contributed by atoms with Gasteiger partial charge in [0.25, 0.3) is 5.91 Å². The van der Waals surface area contributed by atoms with Gasteiger partial charge in [-0.1, -0.05) is 29.8 Å². The number of nitrogens with zero attached hydrogens (tertiary/aromatic N) is 1. The molecule has 0 aromatic heterocycles. The molecule has 0 aliphatic rings. The number of benzene rings is 1. The van der Waals surface area contributed by atoms with E-state index in [1.807, 2.05) is 18.2 Å². The highest BCUT2D eigenvalue weighted by Crippen LogP contribution is 2.16. The van der Waals surface area contributed by atoms with Crippen molar-refractivity contribution >= 4 is 17.5 Å². The highest BCUT2D eigenvalue weighted by atomic mass is 35.5. The maximum absolute atomic E-state index is 11.9. The fourth-order valence-electron chi connectivity index (χ4n) is 1.50. The summed E-state index contributed by atoms with van der Waals surface area (Å²) in [6, 6.07) is 7.42. The summed E-state index contributed by atoms with van der Waals surface area (Å²) in [6.45, 7) is 0.612. The van der Waals surface area contributed by atoms with Crippen molar-refractivity contribution in [1.82, 2.24) is 4.90 Å². The number of nitrogens with two attached hydrogens (primary N) is 1. The summed E-state index contributed by atoms with van der Waals surface area (Å²) in [4.78, 5) is 13.5. The maximum Gasteiger partial charge on any atom is 0.253 e. The van der Waals surface area contributed by atoms with Crippen molar-refractivity contribution in [2.45, 2.75) is 12.6 Å². The fourth-order valence-corrected chi connectivity index (χ4v) is 1.70. The Balaban J connectivity index is 2.69. The molecule has 1 aromatic carbocycles. The van der Waals surface area contributed by atoms with Crippen LogP contribution in [0.3, 0.4) is 0 Å². The zero-order valence-corrected chi connectivity index (χ0v) is 10.8. The van der Waals surface area contributed by atoms with Gasteiger partial charge in [0.05, 0.1) is 0 Å². The Labute approximate surface area is 106 Å². The van der Waals surface area contributed by atoms with Crippen LogP contribution in [0.2, 0.25) is 5.02 Å². The van der Waals surface area contributed by atoms with Crippen molar-refractivity contribution in [2.24, 2.45) is 5.73 Å². The van der Waals surface area contributed by atoms with Crippen LogP contribution in [0.15, 0.2) is 24.3 Å². The lowest BCUT2D eigenvalue weighted by molar-refractivity contribution is -0.140. The molecular weight excluding hydrogens is 240 g/mol. The van der Waals surface area contributed by atoms with E-state index in [4.69, 9.17) is 22.1 Å². The SMILES string of the molecule is COC(CN)C(=O)N(C)Cc1ccccc1Cl. The van der Waals surface area contributed by atoms with Crippen molar-refractivity contribution in [3.63, 3.8) is 0 Å². The zero-order chi connectivity index (χ0) is 12.8. The lowest BCUT2D eigenvalue weighted by atomic mass is 10.2. The van der Waals surface area contributed by atoms with E-state index in [0.29, 0.717) is 11.6 Å². The van der Waals surface area contributed by atoms with Gasteiger partial charge in [-0.2, -0.15) is 0 Å². The van der Waals surface area contributed by atoms with Gasteiger partial charge in [-0.3, -0.25) is 4.79 Å². The molecule has 1 aromatic rings. The van der Waals surface area contributed by atoms with Crippen LogP contribution >= 0.6 is 11.6 Å². The van der Waals surface area contributed by atoms with E-state index in [1.165, 1.54) is 7.11 Å². The van der Waals surface area contributed by atoms with Crippen molar-refractivity contribution in [1.29, 1.82) is 0 Å². The van der Waals surface area contributed by atoms with Crippen LogP contribution in [0, 0.1) is 0 Å². The first-order valence-corrected chi connectivity index (χ1v) is 5.69. The first-order valence-electron chi connectivity index (χ1n) is 5.31. The number of halogens is 1. The van der Waals surface area contributed by atoms with Crippen LogP contribution in [0.25, 0.3) is 0 Å². The van der Waals surface area contributed by atoms with Crippen LogP contribution in [-0.4, -0.2) is 37.6 Å². The average Bonchev–Trinajstić information content (AvgIpc) is 2.33. The Hall–Kier alpha value is -1.10. The van der Waals surface area contributed by atoms with Gasteiger partial charge in [-0.15, -0.1) is 0 Å². The molecule has 94 valence electrons. The summed E-state index contributed by atoms with van der Waals surface area (Å²) >= 11 is 6.03. The third-order valence-electron chi connectivity index (χ3n) is 2.52. The third kappa shape index (κ3) is 3.70. The van der Waals surface area contributed by atoms with Crippen LogP contribution in [-0.2, 0) is 16.1 Å². The van der Waals surface area contributed by atoms with E-state index >= 15 is 0 Å². The second kappa shape index (κ2) is 6.59. The Morgan fingerprint density at radius 3 is 2.71 bits per heavy atom. The molecule has 0 aliphatic heterocycles. The minimum absolute atomic E-state index is 0.144. The molecule has 1 atom stereocenters. The number of ether oxygens (including phenoxy) is 1. The number of carbonyl (C=O) groups is 1. The van der Waals surface area contributed by atoms with Gasteiger partial charge >= 0.3 is 0 Å². The highest BCUT2D eigenvalue weighted by molar-refractivity contribution is 6.31. The summed E-state index contributed by atoms with van der Waals surface area (Å²) in [7, 11) is 3.17. The van der Waals surface area contributed by atoms with Gasteiger partial charge in [-0.05, 0) is 11.6 Å². The first kappa shape index (κ1) is 14.0. The molecule has 0 aliphatic carbocycles. The summed E-state index contributed by atoms with van der Waals surface area (Å²) in [5.41, 5.74) is 6.35. The topological polar surface area (TPSA) is 55.6 Å². The molecule has 17 heavy (non-hydrogen) atoms. The number of methoxy groups -OCH3 is 1. The molecule has 0 saturated heterocycles. The predicted molar refractivity (Wildman–Crippen MR) is 67.8 cm³/mol. The van der Waals surface area contributed by atoms with Crippen molar-refractivity contribution in [3.05, 3.63) is 34.9 Å². The van der Waals surface area contributed by atoms with Crippen LogP contribution < -0.4 is 5.73 Å². The molecule has 0 saturated carbocycles. The third-order valence-corrected chi connectivity index (χ3v) is 2.88. The van der Waals surface area contributed by atoms with Gasteiger partial charge in [-0.25, -0.2) is 0 Å². The molecular formula is C12H17ClN2O2. The van der Waals surface area contributed by atoms with Gasteiger partial charge in [0.2, 0.25) is 0 Å². The van der Waals surface area contributed by atoms with E-state index < -0.39 is 6.10 Å². The molecule has 0 spiro atoms. The molecule has 1 amide bonds. The summed E-state index contributed by atoms with van der Waals surface area (Å²) in [6.07, 6.45) is -0.595. The number of carbonyl (C=O) groups excluding carboxylic acids is 1. The van der Waals surface area contributed by atoms with E-state index in [1.54, 1.807) is 18.0 Å². The van der Waals surface area contributed by atoms with Crippen LogP contribution in [0.1, 0.15) is 5.56 Å². The number of rotatable bonds is 5. The minimum Gasteiger partial charge on any atom is -0.370 e. The minimum atomic E-state index is -0.595. The molecule has 0 radical (unpaired) electrons. The molecule has 1 unspecified atom stereocenters. The second-order valence-corrected chi connectivity index (χ2v) is 4.15. The van der Waals surface area contributed by atoms with Gasteiger partial charge in [0.15, 0.2) is 0 Å². The smallest absolute Gasteiger partial charge is 0.253 e. The number of amides is 1. The average molecular weight is 257 g/mol. The predicted octanol–water partition coefficient (Wildman–Crippen LogP) is 1.27. The van der Waals surface area contributed by atoms with E-state index in [-0.39, 0.29) is 12.5 Å². The highest BCUT2D eigenvalue weighted by Gasteiger charge is 2.20. The molecule has 5 heteroatoms. The molecule has 0 fully saturated rings. The lowest BCUT2D eigenvalue weighted by Gasteiger charge is -2.22. The number of likely N-dealkylation sites (N-methyl/N-ethyl adjacent to an activating group) is 1. The van der Waals surface area contributed by atoms with E-state index in [9.17, 15) is 4.79 Å². The largest absolute Gasteiger partial charge is 0.370 e. The number of hydrogen-bond acceptors (Lipinski definition) is 3. The Kier molecular flexibility index (Phi) is 5.41. The van der Waals surface area contributed by atoms with Crippen molar-refractivity contribution in [3.8, 4) is 0 Å². The van der Waals surface area contributed by atoms with Gasteiger partial charge < -0.3 is 15.4 Å². The quantitative estimate of drug-likeness (QED) is 0.863. The molecule has 2 N–H and O–H groups in total. The number of hydrogen-bond donors (Lipinski definition) is 1. The second-order valence-electron chi connectivity index (χ2n) is 3.75. The van der Waals surface area contributed by atoms with Crippen LogP contribution in [0.5, 0.6) is 0 Å². The summed E-state index contributed by atoms with van der Waals surface area (Å²) < 4.78 is 5.00. The first-order chi connectivity index (χ1) is 8.10. The standard InChI is InChI=1S/C12H17ClN2O2/c1-15(12(16)11(7-14)17-2)8-9-5-3-4-6-10(9)13/h3-6,11H,7-8,14H2,1-2H3. The van der Waals surface area contributed by atoms with Gasteiger partial charge in [0.1, 0.15) is 6.10 Å². The van der Waals surface area contributed by atoms with Crippen molar-refractivity contribution < 1.29 is 9.53 Å². The van der Waals surface area contributed by atoms with Crippen molar-refractivity contribution in [2.75, 3.05) is 20.7 Å². The molecule has 0 bridgehead atoms. The zero-order valence-electron chi connectivity index (χ0n) is 10.0. The Bertz CT molecular complexity index is 381.